The molecule has 0 aliphatic carbocycles. The van der Waals surface area contributed by atoms with Gasteiger partial charge in [0.15, 0.2) is 0 Å². The molecule has 0 fully saturated rings. The highest BCUT2D eigenvalue weighted by Crippen LogP contribution is 2.23. The molecule has 0 spiro atoms. The van der Waals surface area contributed by atoms with Gasteiger partial charge in [-0.1, -0.05) is 6.58 Å². The molecule has 0 unspecified atom stereocenters. The second-order valence-corrected chi connectivity index (χ2v) is 4.07. The van der Waals surface area contributed by atoms with Crippen molar-refractivity contribution in [3.8, 4) is 5.75 Å². The van der Waals surface area contributed by atoms with E-state index in [1.165, 1.54) is 24.3 Å². The zero-order valence-electron chi connectivity index (χ0n) is 11.5. The minimum atomic E-state index is -4.70. The zero-order valence-corrected chi connectivity index (χ0v) is 11.5. The summed E-state index contributed by atoms with van der Waals surface area (Å²) in [5.41, 5.74) is 0.947. The first-order valence-corrected chi connectivity index (χ1v) is 6.26. The number of alkyl halides is 3. The minimum absolute atomic E-state index is 0.284. The lowest BCUT2D eigenvalue weighted by Crippen LogP contribution is -2.17. The van der Waals surface area contributed by atoms with Crippen molar-refractivity contribution in [3.05, 3.63) is 36.4 Å². The largest absolute Gasteiger partial charge is 0.573 e. The van der Waals surface area contributed by atoms with Gasteiger partial charge in [0.05, 0.1) is 6.61 Å². The van der Waals surface area contributed by atoms with Crippen molar-refractivity contribution in [2.75, 3.05) is 18.5 Å². The molecule has 1 rings (SSSR count). The second-order valence-electron chi connectivity index (χ2n) is 4.07. The first-order valence-electron chi connectivity index (χ1n) is 6.26. The van der Waals surface area contributed by atoms with Crippen molar-refractivity contribution < 1.29 is 27.4 Å². The van der Waals surface area contributed by atoms with Gasteiger partial charge in [-0.15, -0.1) is 13.2 Å². The molecule has 4 nitrogen and oxygen atoms in total. The van der Waals surface area contributed by atoms with Gasteiger partial charge in [-0.05, 0) is 37.6 Å². The van der Waals surface area contributed by atoms with E-state index in [4.69, 9.17) is 4.74 Å². The summed E-state index contributed by atoms with van der Waals surface area (Å²) in [7, 11) is 0. The molecule has 1 aromatic rings. The smallest absolute Gasteiger partial charge is 0.463 e. The third kappa shape index (κ3) is 6.69. The first-order chi connectivity index (χ1) is 9.81. The molecule has 0 aliphatic heterocycles. The molecule has 0 saturated heterocycles. The van der Waals surface area contributed by atoms with Crippen LogP contribution in [0.5, 0.6) is 5.75 Å². The van der Waals surface area contributed by atoms with Crippen LogP contribution in [0.3, 0.4) is 0 Å². The van der Waals surface area contributed by atoms with E-state index in [2.05, 4.69) is 16.6 Å². The second kappa shape index (κ2) is 7.56. The lowest BCUT2D eigenvalue weighted by Gasteiger charge is -2.10. The number of esters is 1. The van der Waals surface area contributed by atoms with Gasteiger partial charge in [0.1, 0.15) is 5.75 Å². The number of benzene rings is 1. The molecule has 1 N–H and O–H groups in total. The van der Waals surface area contributed by atoms with Gasteiger partial charge in [0, 0.05) is 17.8 Å². The monoisotopic (exact) mass is 303 g/mol. The van der Waals surface area contributed by atoms with E-state index in [9.17, 15) is 18.0 Å². The van der Waals surface area contributed by atoms with Crippen LogP contribution in [0.2, 0.25) is 0 Å². The first kappa shape index (κ1) is 16.9. The molecule has 1 aromatic carbocycles. The molecule has 21 heavy (non-hydrogen) atoms. The number of hydrogen-bond donors (Lipinski definition) is 1. The Hall–Kier alpha value is -2.18. The lowest BCUT2D eigenvalue weighted by molar-refractivity contribution is -0.274. The fourth-order valence-electron chi connectivity index (χ4n) is 1.47. The molecule has 0 bridgehead atoms. The van der Waals surface area contributed by atoms with Crippen molar-refractivity contribution in [1.29, 1.82) is 0 Å². The molecule has 116 valence electrons. The summed E-state index contributed by atoms with van der Waals surface area (Å²) in [6.45, 7) is 6.00. The summed E-state index contributed by atoms with van der Waals surface area (Å²) >= 11 is 0. The third-order valence-electron chi connectivity index (χ3n) is 2.41. The number of carbonyl (C=O) groups excluding carboxylic acids is 1. The van der Waals surface area contributed by atoms with Crippen molar-refractivity contribution in [2.24, 2.45) is 0 Å². The maximum absolute atomic E-state index is 12.0. The fraction of sp³-hybridized carbons (Fsp3) is 0.357. The summed E-state index contributed by atoms with van der Waals surface area (Å²) < 4.78 is 44.5. The molecule has 0 saturated carbocycles. The highest BCUT2D eigenvalue weighted by Gasteiger charge is 2.30. The topological polar surface area (TPSA) is 47.6 Å². The highest BCUT2D eigenvalue weighted by molar-refractivity contribution is 5.87. The average Bonchev–Trinajstić information content (AvgIpc) is 2.39. The van der Waals surface area contributed by atoms with Crippen molar-refractivity contribution in [2.45, 2.75) is 19.7 Å². The fourth-order valence-corrected chi connectivity index (χ4v) is 1.47. The molecule has 0 aliphatic rings. The quantitative estimate of drug-likeness (QED) is 0.618. The van der Waals surface area contributed by atoms with Crippen LogP contribution < -0.4 is 10.1 Å². The molecule has 0 heterocycles. The minimum Gasteiger partial charge on any atom is -0.463 e. The Kier molecular flexibility index (Phi) is 6.08. The van der Waals surface area contributed by atoms with Crippen molar-refractivity contribution in [1.82, 2.24) is 0 Å². The zero-order chi connectivity index (χ0) is 15.9. The summed E-state index contributed by atoms with van der Waals surface area (Å²) in [5.74, 6) is -0.739. The molecular weight excluding hydrogens is 287 g/mol. The van der Waals surface area contributed by atoms with Gasteiger partial charge in [-0.25, -0.2) is 4.79 Å². The predicted octanol–water partition coefficient (Wildman–Crippen LogP) is 3.51. The van der Waals surface area contributed by atoms with Crippen LogP contribution in [0.25, 0.3) is 0 Å². The van der Waals surface area contributed by atoms with E-state index in [0.717, 1.165) is 0 Å². The van der Waals surface area contributed by atoms with Gasteiger partial charge in [0.2, 0.25) is 0 Å². The number of carbonyl (C=O) groups is 1. The molecule has 0 aromatic heterocycles. The van der Waals surface area contributed by atoms with Gasteiger partial charge < -0.3 is 14.8 Å². The summed E-state index contributed by atoms with van der Waals surface area (Å²) in [4.78, 5) is 11.3. The van der Waals surface area contributed by atoms with Gasteiger partial charge in [0.25, 0.3) is 0 Å². The highest BCUT2D eigenvalue weighted by atomic mass is 19.4. The van der Waals surface area contributed by atoms with Crippen molar-refractivity contribution >= 4 is 11.7 Å². The number of anilines is 1. The van der Waals surface area contributed by atoms with Gasteiger partial charge in [-0.2, -0.15) is 0 Å². The maximum Gasteiger partial charge on any atom is 0.573 e. The number of rotatable bonds is 7. The van der Waals surface area contributed by atoms with Gasteiger partial charge >= 0.3 is 12.3 Å². The Morgan fingerprint density at radius 1 is 1.29 bits per heavy atom. The van der Waals surface area contributed by atoms with Crippen LogP contribution in [0.15, 0.2) is 36.4 Å². The number of hydrogen-bond acceptors (Lipinski definition) is 4. The van der Waals surface area contributed by atoms with E-state index in [1.807, 2.05) is 0 Å². The van der Waals surface area contributed by atoms with Crippen LogP contribution in [0.4, 0.5) is 18.9 Å². The Morgan fingerprint density at radius 3 is 2.43 bits per heavy atom. The Bertz CT molecular complexity index is 483. The van der Waals surface area contributed by atoms with Crippen molar-refractivity contribution in [3.63, 3.8) is 0 Å². The van der Waals surface area contributed by atoms with Crippen LogP contribution in [-0.2, 0) is 9.53 Å². The van der Waals surface area contributed by atoms with E-state index in [-0.39, 0.29) is 12.4 Å². The molecule has 0 atom stereocenters. The van der Waals surface area contributed by atoms with Crippen LogP contribution in [0.1, 0.15) is 13.3 Å². The van der Waals surface area contributed by atoms with E-state index in [0.29, 0.717) is 24.2 Å². The third-order valence-corrected chi connectivity index (χ3v) is 2.41. The Balaban J connectivity index is 2.39. The molecule has 7 heteroatoms. The standard InChI is InChI=1S/C14H16F3NO3/c1-3-20-13(19)10(2)8-9-18-11-4-6-12(7-5-11)21-14(15,16)17/h4-7,18H,2-3,8-9H2,1H3. The number of ether oxygens (including phenoxy) is 2. The maximum atomic E-state index is 12.0. The predicted molar refractivity (Wildman–Crippen MR) is 72.0 cm³/mol. The van der Waals surface area contributed by atoms with Crippen LogP contribution >= 0.6 is 0 Å². The molecular formula is C14H16F3NO3. The summed E-state index contributed by atoms with van der Waals surface area (Å²) in [5, 5.41) is 2.96. The normalized spacial score (nSPS) is 10.9. The van der Waals surface area contributed by atoms with E-state index in [1.54, 1.807) is 6.92 Å². The SMILES string of the molecule is C=C(CCNc1ccc(OC(F)(F)F)cc1)C(=O)OCC. The summed E-state index contributed by atoms with van der Waals surface area (Å²) in [6.07, 6.45) is -4.33. The van der Waals surface area contributed by atoms with E-state index < -0.39 is 12.3 Å². The van der Waals surface area contributed by atoms with E-state index >= 15 is 0 Å². The Morgan fingerprint density at radius 2 is 1.90 bits per heavy atom. The average molecular weight is 303 g/mol. The molecule has 0 radical (unpaired) electrons. The Labute approximate surface area is 120 Å². The van der Waals surface area contributed by atoms with Crippen LogP contribution in [-0.4, -0.2) is 25.5 Å². The van der Waals surface area contributed by atoms with Gasteiger partial charge in [-0.3, -0.25) is 0 Å². The molecule has 0 amide bonds. The summed E-state index contributed by atoms with van der Waals surface area (Å²) in [6, 6.07) is 5.31. The van der Waals surface area contributed by atoms with Crippen LogP contribution in [0, 0.1) is 0 Å². The lowest BCUT2D eigenvalue weighted by atomic mass is 10.2. The number of nitrogens with one attached hydrogen (secondary N) is 1. The number of halogens is 3.